The number of hydrogen-bond acceptors (Lipinski definition) is 5. The van der Waals surface area contributed by atoms with Crippen molar-refractivity contribution in [3.8, 4) is 11.5 Å². The number of nitrogens with two attached hydrogens (primary N) is 1. The highest BCUT2D eigenvalue weighted by molar-refractivity contribution is 7.99. The number of carbonyl (C=O) groups excluding carboxylic acids is 1. The zero-order chi connectivity index (χ0) is 33.1. The van der Waals surface area contributed by atoms with Crippen molar-refractivity contribution in [3.05, 3.63) is 53.6 Å². The summed E-state index contributed by atoms with van der Waals surface area (Å²) >= 11 is 1.75. The zero-order valence-electron chi connectivity index (χ0n) is 25.4. The lowest BCUT2D eigenvalue weighted by molar-refractivity contribution is -0.284. The summed E-state index contributed by atoms with van der Waals surface area (Å²) < 4.78 is 63.0. The van der Waals surface area contributed by atoms with Gasteiger partial charge in [-0.1, -0.05) is 63.6 Å². The molecule has 2 atom stereocenters. The Morgan fingerprint density at radius 2 is 1.58 bits per heavy atom. The molecule has 0 saturated heterocycles. The average Bonchev–Trinajstić information content (AvgIpc) is 2.96. The summed E-state index contributed by atoms with van der Waals surface area (Å²) in [4.78, 5) is 16.2. The molecule has 6 N–H and O–H groups in total. The normalized spacial score (nSPS) is 18.8. The van der Waals surface area contributed by atoms with E-state index in [1.54, 1.807) is 30.0 Å². The van der Waals surface area contributed by atoms with Gasteiger partial charge in [0.2, 0.25) is 0 Å². The summed E-state index contributed by atoms with van der Waals surface area (Å²) in [5, 5.41) is 24.9. The molecular weight excluding hydrogens is 615 g/mol. The smallest absolute Gasteiger partial charge is 0.453 e. The predicted octanol–water partition coefficient (Wildman–Crippen LogP) is 7.96. The number of guanidine groups is 1. The fourth-order valence-electron chi connectivity index (χ4n) is 5.66. The zero-order valence-corrected chi connectivity index (χ0v) is 26.3. The van der Waals surface area contributed by atoms with Crippen LogP contribution >= 0.6 is 11.8 Å². The van der Waals surface area contributed by atoms with E-state index < -0.39 is 31.0 Å². The molecule has 0 saturated carbocycles. The first-order chi connectivity index (χ1) is 21.2. The van der Waals surface area contributed by atoms with E-state index in [-0.39, 0.29) is 35.3 Å². The number of alkyl halides is 5. The van der Waals surface area contributed by atoms with Crippen LogP contribution in [0.4, 0.5) is 26.7 Å². The fourth-order valence-corrected chi connectivity index (χ4v) is 7.07. The van der Waals surface area contributed by atoms with Gasteiger partial charge in [-0.25, -0.2) is 4.79 Å². The monoisotopic (exact) mass is 658 g/mol. The molecule has 2 amide bonds. The molecule has 2 aromatic carbocycles. The number of phenols is 2. The van der Waals surface area contributed by atoms with Crippen LogP contribution in [0.25, 0.3) is 0 Å². The molecule has 0 aromatic heterocycles. The van der Waals surface area contributed by atoms with Crippen LogP contribution < -0.4 is 16.4 Å². The molecule has 13 heteroatoms. The van der Waals surface area contributed by atoms with Crippen LogP contribution in [0.1, 0.15) is 88.2 Å². The number of halogens is 5. The highest BCUT2D eigenvalue weighted by Crippen LogP contribution is 2.52. The molecule has 1 heterocycles. The van der Waals surface area contributed by atoms with E-state index in [0.717, 1.165) is 62.0 Å². The van der Waals surface area contributed by atoms with Crippen molar-refractivity contribution in [1.29, 1.82) is 0 Å². The van der Waals surface area contributed by atoms with Gasteiger partial charge < -0.3 is 21.3 Å². The Balaban J connectivity index is 1.39. The number of amides is 2. The molecule has 1 aliphatic heterocycles. The predicted molar refractivity (Wildman–Crippen MR) is 167 cm³/mol. The van der Waals surface area contributed by atoms with Crippen LogP contribution in [0.2, 0.25) is 0 Å². The van der Waals surface area contributed by atoms with Gasteiger partial charge >= 0.3 is 18.1 Å². The van der Waals surface area contributed by atoms with E-state index in [1.807, 2.05) is 24.3 Å². The molecule has 7 nitrogen and oxygen atoms in total. The summed E-state index contributed by atoms with van der Waals surface area (Å²) in [7, 11) is 0. The minimum atomic E-state index is -5.61. The number of aliphatic imine (C=N–C) groups is 1. The van der Waals surface area contributed by atoms with Crippen molar-refractivity contribution in [2.75, 3.05) is 18.8 Å². The second-order valence-corrected chi connectivity index (χ2v) is 12.8. The molecule has 0 bridgehead atoms. The van der Waals surface area contributed by atoms with Gasteiger partial charge in [-0.2, -0.15) is 22.0 Å². The van der Waals surface area contributed by atoms with Crippen molar-refractivity contribution < 1.29 is 37.0 Å². The Bertz CT molecular complexity index is 1280. The van der Waals surface area contributed by atoms with Crippen molar-refractivity contribution in [2.45, 2.75) is 99.5 Å². The van der Waals surface area contributed by atoms with Crippen LogP contribution in [-0.4, -0.2) is 53.1 Å². The molecule has 0 spiro atoms. The van der Waals surface area contributed by atoms with E-state index in [9.17, 15) is 37.0 Å². The van der Waals surface area contributed by atoms with Gasteiger partial charge in [0.1, 0.15) is 11.5 Å². The van der Waals surface area contributed by atoms with Gasteiger partial charge in [0.05, 0.1) is 0 Å². The number of primary amides is 1. The van der Waals surface area contributed by atoms with E-state index in [4.69, 9.17) is 5.73 Å². The lowest BCUT2D eigenvalue weighted by Crippen LogP contribution is -2.44. The molecule has 3 rings (SSSR count). The Morgan fingerprint density at radius 3 is 2.22 bits per heavy atom. The Hall–Kier alpha value is -3.22. The van der Waals surface area contributed by atoms with Crippen LogP contribution in [0.3, 0.4) is 0 Å². The first kappa shape index (κ1) is 36.3. The number of carbonyl (C=O) groups is 1. The van der Waals surface area contributed by atoms with Gasteiger partial charge in [-0.15, -0.1) is 11.8 Å². The molecular formula is C32H43F5N4O3S. The molecule has 250 valence electrons. The summed E-state index contributed by atoms with van der Waals surface area (Å²) in [6.07, 6.45) is 0.408. The Morgan fingerprint density at radius 1 is 0.956 bits per heavy atom. The van der Waals surface area contributed by atoms with E-state index in [2.05, 4.69) is 22.5 Å². The van der Waals surface area contributed by atoms with Crippen molar-refractivity contribution in [3.63, 3.8) is 0 Å². The van der Waals surface area contributed by atoms with Crippen LogP contribution in [0, 0.1) is 0 Å². The van der Waals surface area contributed by atoms with Crippen LogP contribution in [0.15, 0.2) is 52.4 Å². The molecule has 0 radical (unpaired) electrons. The number of phenolic OH excluding ortho intramolecular Hbond substituents is 2. The van der Waals surface area contributed by atoms with E-state index in [0.29, 0.717) is 6.54 Å². The number of nitrogens with one attached hydrogen (secondary N) is 2. The van der Waals surface area contributed by atoms with Crippen LogP contribution in [0.5, 0.6) is 11.5 Å². The number of nitrogens with zero attached hydrogens (tertiary/aromatic N) is 1. The Labute approximate surface area is 265 Å². The van der Waals surface area contributed by atoms with Gasteiger partial charge in [-0.3, -0.25) is 10.3 Å². The topological polar surface area (TPSA) is 120 Å². The van der Waals surface area contributed by atoms with Crippen molar-refractivity contribution in [1.82, 2.24) is 10.6 Å². The second-order valence-electron chi connectivity index (χ2n) is 11.7. The van der Waals surface area contributed by atoms with Gasteiger partial charge in [-0.05, 0) is 60.6 Å². The Kier molecular flexibility index (Phi) is 13.2. The molecule has 2 unspecified atom stereocenters. The first-order valence-electron chi connectivity index (χ1n) is 15.3. The summed E-state index contributed by atoms with van der Waals surface area (Å²) in [6.45, 7) is 2.39. The molecule has 45 heavy (non-hydrogen) atoms. The van der Waals surface area contributed by atoms with Crippen molar-refractivity contribution >= 4 is 23.8 Å². The number of unbranched alkanes of at least 4 members (excludes halogenated alkanes) is 6. The van der Waals surface area contributed by atoms with Crippen LogP contribution in [-0.2, 0) is 5.41 Å². The summed E-state index contributed by atoms with van der Waals surface area (Å²) in [5.74, 6) is -3.17. The number of fused-ring (bicyclic) bond motifs is 1. The maximum absolute atomic E-state index is 13.0. The lowest BCUT2D eigenvalue weighted by atomic mass is 9.68. The number of benzene rings is 2. The third-order valence-corrected chi connectivity index (χ3v) is 9.64. The quantitative estimate of drug-likeness (QED) is 0.0576. The number of thioether (sulfide) groups is 1. The standard InChI is InChI=1S/C32H43F5N4O3S/c1-30(22-11-13-23(42)14-12-22)21-45-27-20-24(43)15-16-25(27)26(30)10-7-5-3-2-4-6-8-18-39-29(41-28(38)44)40-19-9-17-31(33,34)32(35,36)37/h11-16,20,26,42-43H,2-10,17-19,21H2,1H3,(H4,38,39,40,41,44). The van der Waals surface area contributed by atoms with Gasteiger partial charge in [0, 0.05) is 35.6 Å². The third kappa shape index (κ3) is 10.7. The minimum absolute atomic E-state index is 0.0463. The lowest BCUT2D eigenvalue weighted by Gasteiger charge is -2.43. The van der Waals surface area contributed by atoms with Gasteiger partial charge in [0.15, 0.2) is 5.96 Å². The maximum Gasteiger partial charge on any atom is 0.453 e. The molecule has 0 aliphatic carbocycles. The summed E-state index contributed by atoms with van der Waals surface area (Å²) in [5.41, 5.74) is 7.42. The SMILES string of the molecule is CC1(c2ccc(O)cc2)CSc2cc(O)ccc2C1CCCCCCCCCNC(=NCCCC(F)(F)C(F)(F)F)NC(N)=O. The third-order valence-electron chi connectivity index (χ3n) is 8.23. The van der Waals surface area contributed by atoms with Crippen molar-refractivity contribution in [2.24, 2.45) is 10.7 Å². The highest BCUT2D eigenvalue weighted by Gasteiger charge is 2.56. The van der Waals surface area contributed by atoms with E-state index in [1.165, 1.54) is 11.1 Å². The minimum Gasteiger partial charge on any atom is -0.508 e. The average molecular weight is 659 g/mol. The number of rotatable bonds is 15. The fraction of sp³-hybridized carbons (Fsp3) is 0.562. The number of urea groups is 1. The first-order valence-corrected chi connectivity index (χ1v) is 16.3. The van der Waals surface area contributed by atoms with Gasteiger partial charge in [0.25, 0.3) is 0 Å². The van der Waals surface area contributed by atoms with E-state index >= 15 is 0 Å². The maximum atomic E-state index is 13.0. The molecule has 2 aromatic rings. The molecule has 1 aliphatic rings. The summed E-state index contributed by atoms with van der Waals surface area (Å²) in [6, 6.07) is 12.2. The molecule has 0 fully saturated rings. The second kappa shape index (κ2) is 16.4. The highest BCUT2D eigenvalue weighted by atomic mass is 32.2. The number of aromatic hydroxyl groups is 2. The number of hydrogen-bond donors (Lipinski definition) is 5. The largest absolute Gasteiger partial charge is 0.508 e.